The van der Waals surface area contributed by atoms with Crippen molar-refractivity contribution < 1.29 is 17.5 Å². The van der Waals surface area contributed by atoms with Crippen molar-refractivity contribution >= 4 is 39.8 Å². The molecule has 1 fully saturated rings. The van der Waals surface area contributed by atoms with Crippen molar-refractivity contribution in [2.75, 3.05) is 25.4 Å². The third-order valence-corrected chi connectivity index (χ3v) is 7.46. The standard InChI is InChI=1S/C21H27FN4O3S.HI/c1-4-23-20(26-11-12-30(27,28)21(2,3)15-26)25-14-16-9-10-24-19(13-16)29-18-7-5-17(22)6-8-18;/h5-10,13H,4,11-12,14-15H2,1-3H3,(H,23,25);1H. The van der Waals surface area contributed by atoms with Crippen molar-refractivity contribution in [2.24, 2.45) is 4.99 Å². The number of aliphatic imine (C=N–C) groups is 1. The van der Waals surface area contributed by atoms with Gasteiger partial charge in [0.15, 0.2) is 15.8 Å². The van der Waals surface area contributed by atoms with Crippen LogP contribution in [0.4, 0.5) is 4.39 Å². The highest BCUT2D eigenvalue weighted by atomic mass is 127. The molecular formula is C21H28FIN4O3S. The van der Waals surface area contributed by atoms with Crippen LogP contribution in [0, 0.1) is 5.82 Å². The number of aromatic nitrogens is 1. The first kappa shape index (κ1) is 25.3. The van der Waals surface area contributed by atoms with Crippen LogP contribution in [0.2, 0.25) is 0 Å². The lowest BCUT2D eigenvalue weighted by molar-refractivity contribution is 0.353. The van der Waals surface area contributed by atoms with Crippen LogP contribution in [-0.4, -0.2) is 54.4 Å². The quantitative estimate of drug-likeness (QED) is 0.341. The molecule has 0 bridgehead atoms. The predicted octanol–water partition coefficient (Wildman–Crippen LogP) is 3.61. The van der Waals surface area contributed by atoms with Crippen molar-refractivity contribution in [3.8, 4) is 11.6 Å². The molecule has 10 heteroatoms. The Hall–Kier alpha value is -1.95. The van der Waals surface area contributed by atoms with Gasteiger partial charge in [-0.2, -0.15) is 0 Å². The summed E-state index contributed by atoms with van der Waals surface area (Å²) in [6, 6.07) is 9.35. The van der Waals surface area contributed by atoms with E-state index in [0.717, 1.165) is 5.56 Å². The van der Waals surface area contributed by atoms with Gasteiger partial charge in [-0.05, 0) is 56.7 Å². The first-order valence-electron chi connectivity index (χ1n) is 9.84. The van der Waals surface area contributed by atoms with E-state index in [0.29, 0.717) is 43.8 Å². The van der Waals surface area contributed by atoms with E-state index in [9.17, 15) is 12.8 Å². The maximum Gasteiger partial charge on any atom is 0.219 e. The third kappa shape index (κ3) is 6.52. The van der Waals surface area contributed by atoms with Gasteiger partial charge in [-0.25, -0.2) is 22.8 Å². The molecule has 1 aromatic heterocycles. The van der Waals surface area contributed by atoms with Gasteiger partial charge in [0, 0.05) is 31.9 Å². The van der Waals surface area contributed by atoms with Gasteiger partial charge < -0.3 is 15.0 Å². The first-order valence-corrected chi connectivity index (χ1v) is 11.5. The fourth-order valence-electron chi connectivity index (χ4n) is 3.14. The number of sulfone groups is 1. The van der Waals surface area contributed by atoms with Crippen molar-refractivity contribution in [3.05, 3.63) is 54.0 Å². The molecule has 3 rings (SSSR count). The van der Waals surface area contributed by atoms with Gasteiger partial charge in [0.25, 0.3) is 0 Å². The number of benzene rings is 1. The first-order chi connectivity index (χ1) is 14.2. The molecule has 1 N–H and O–H groups in total. The Bertz CT molecular complexity index is 1010. The normalized spacial score (nSPS) is 17.5. The Labute approximate surface area is 200 Å². The van der Waals surface area contributed by atoms with Crippen LogP contribution in [-0.2, 0) is 16.4 Å². The Morgan fingerprint density at radius 2 is 2.00 bits per heavy atom. The van der Waals surface area contributed by atoms with Crippen LogP contribution >= 0.6 is 24.0 Å². The van der Waals surface area contributed by atoms with E-state index in [1.54, 1.807) is 26.1 Å². The molecule has 1 aromatic carbocycles. The van der Waals surface area contributed by atoms with Crippen LogP contribution in [0.25, 0.3) is 0 Å². The molecular weight excluding hydrogens is 534 g/mol. The lowest BCUT2D eigenvalue weighted by atomic mass is 10.2. The minimum Gasteiger partial charge on any atom is -0.439 e. The number of nitrogens with one attached hydrogen (secondary N) is 1. The van der Waals surface area contributed by atoms with Crippen LogP contribution < -0.4 is 10.1 Å². The Balaban J connectivity index is 0.00000341. The van der Waals surface area contributed by atoms with Gasteiger partial charge >= 0.3 is 0 Å². The molecule has 7 nitrogen and oxygen atoms in total. The Kier molecular flexibility index (Phi) is 8.64. The highest BCUT2D eigenvalue weighted by Crippen LogP contribution is 2.24. The number of halogens is 2. The fraction of sp³-hybridized carbons (Fsp3) is 0.429. The van der Waals surface area contributed by atoms with E-state index in [1.165, 1.54) is 24.3 Å². The predicted molar refractivity (Wildman–Crippen MR) is 130 cm³/mol. The van der Waals surface area contributed by atoms with Gasteiger partial charge in [-0.15, -0.1) is 24.0 Å². The Morgan fingerprint density at radius 3 is 2.65 bits per heavy atom. The SMILES string of the molecule is CCNC(=NCc1ccnc(Oc2ccc(F)cc2)c1)N1CCS(=O)(=O)C(C)(C)C1.I. The monoisotopic (exact) mass is 562 g/mol. The molecule has 0 atom stereocenters. The molecule has 0 amide bonds. The van der Waals surface area contributed by atoms with Gasteiger partial charge in [-0.3, -0.25) is 0 Å². The lowest BCUT2D eigenvalue weighted by Gasteiger charge is -2.39. The summed E-state index contributed by atoms with van der Waals surface area (Å²) in [5.41, 5.74) is 0.890. The van der Waals surface area contributed by atoms with Crippen molar-refractivity contribution in [1.29, 1.82) is 0 Å². The molecule has 2 aromatic rings. The Morgan fingerprint density at radius 1 is 1.29 bits per heavy atom. The number of nitrogens with zero attached hydrogens (tertiary/aromatic N) is 3. The molecule has 1 aliphatic heterocycles. The van der Waals surface area contributed by atoms with Gasteiger partial charge in [-0.1, -0.05) is 0 Å². The number of guanidine groups is 1. The van der Waals surface area contributed by atoms with E-state index in [2.05, 4.69) is 15.3 Å². The molecule has 0 radical (unpaired) electrons. The van der Waals surface area contributed by atoms with Crippen molar-refractivity contribution in [2.45, 2.75) is 32.1 Å². The second-order valence-corrected chi connectivity index (χ2v) is 10.5. The minimum atomic E-state index is -3.12. The molecule has 1 saturated heterocycles. The number of rotatable bonds is 5. The van der Waals surface area contributed by atoms with Crippen LogP contribution in [0.15, 0.2) is 47.6 Å². The molecule has 0 unspecified atom stereocenters. The summed E-state index contributed by atoms with van der Waals surface area (Å²) in [5, 5.41) is 3.25. The zero-order chi connectivity index (χ0) is 21.8. The number of ether oxygens (including phenoxy) is 1. The van der Waals surface area contributed by atoms with E-state index >= 15 is 0 Å². The summed E-state index contributed by atoms with van der Waals surface area (Å²) in [7, 11) is -3.12. The van der Waals surface area contributed by atoms with E-state index < -0.39 is 14.6 Å². The summed E-state index contributed by atoms with van der Waals surface area (Å²) in [5.74, 6) is 1.34. The van der Waals surface area contributed by atoms with Crippen molar-refractivity contribution in [3.63, 3.8) is 0 Å². The van der Waals surface area contributed by atoms with Crippen LogP contribution in [0.3, 0.4) is 0 Å². The average Bonchev–Trinajstić information content (AvgIpc) is 2.69. The smallest absolute Gasteiger partial charge is 0.219 e. The van der Waals surface area contributed by atoms with E-state index in [-0.39, 0.29) is 35.5 Å². The average molecular weight is 562 g/mol. The zero-order valence-electron chi connectivity index (χ0n) is 17.8. The van der Waals surface area contributed by atoms with Gasteiger partial charge in [0.2, 0.25) is 5.88 Å². The summed E-state index contributed by atoms with van der Waals surface area (Å²) < 4.78 is 42.5. The number of hydrogen-bond donors (Lipinski definition) is 1. The van der Waals surface area contributed by atoms with Crippen molar-refractivity contribution in [1.82, 2.24) is 15.2 Å². The summed E-state index contributed by atoms with van der Waals surface area (Å²) in [6.45, 7) is 7.33. The topological polar surface area (TPSA) is 83.9 Å². The number of hydrogen-bond acceptors (Lipinski definition) is 5. The number of pyridine rings is 1. The van der Waals surface area contributed by atoms with E-state index in [4.69, 9.17) is 4.74 Å². The van der Waals surface area contributed by atoms with Crippen LogP contribution in [0.5, 0.6) is 11.6 Å². The molecule has 170 valence electrons. The second-order valence-electron chi connectivity index (χ2n) is 7.73. The highest BCUT2D eigenvalue weighted by molar-refractivity contribution is 14.0. The summed E-state index contributed by atoms with van der Waals surface area (Å²) in [4.78, 5) is 10.9. The molecule has 31 heavy (non-hydrogen) atoms. The summed E-state index contributed by atoms with van der Waals surface area (Å²) >= 11 is 0. The van der Waals surface area contributed by atoms with Gasteiger partial charge in [0.1, 0.15) is 11.6 Å². The maximum atomic E-state index is 13.0. The maximum absolute atomic E-state index is 13.0. The molecule has 1 aliphatic rings. The second kappa shape index (κ2) is 10.6. The zero-order valence-corrected chi connectivity index (χ0v) is 21.0. The molecule has 0 saturated carbocycles. The molecule has 2 heterocycles. The largest absolute Gasteiger partial charge is 0.439 e. The highest BCUT2D eigenvalue weighted by Gasteiger charge is 2.40. The van der Waals surface area contributed by atoms with Gasteiger partial charge in [0.05, 0.1) is 17.0 Å². The minimum absolute atomic E-state index is 0. The lowest BCUT2D eigenvalue weighted by Crippen LogP contribution is -2.57. The summed E-state index contributed by atoms with van der Waals surface area (Å²) in [6.07, 6.45) is 1.63. The van der Waals surface area contributed by atoms with E-state index in [1.807, 2.05) is 17.9 Å². The fourth-order valence-corrected chi connectivity index (χ4v) is 4.51. The molecule has 0 spiro atoms. The van der Waals surface area contributed by atoms with Crippen LogP contribution in [0.1, 0.15) is 26.3 Å². The molecule has 0 aliphatic carbocycles. The third-order valence-electron chi connectivity index (χ3n) is 4.92.